The molecule has 2 rings (SSSR count). The molecule has 3 N–H and O–H groups in total. The lowest BCUT2D eigenvalue weighted by molar-refractivity contribution is -0.137. The summed E-state index contributed by atoms with van der Waals surface area (Å²) in [5, 5.41) is 22.2. The van der Waals surface area contributed by atoms with Crippen molar-refractivity contribution in [2.45, 2.75) is 89.4 Å². The predicted octanol–water partition coefficient (Wildman–Crippen LogP) is 3.51. The fourth-order valence-electron chi connectivity index (χ4n) is 4.37. The van der Waals surface area contributed by atoms with E-state index in [0.29, 0.717) is 37.0 Å². The molecule has 2 fully saturated rings. The molecule has 0 aromatic carbocycles. The molecular formula is C21H37NO4. The second-order valence-corrected chi connectivity index (χ2v) is 7.92. The fraction of sp³-hybridized carbons (Fsp3) is 0.857. The highest BCUT2D eigenvalue weighted by molar-refractivity contribution is 5.66. The van der Waals surface area contributed by atoms with Gasteiger partial charge in [0.2, 0.25) is 0 Å². The maximum atomic E-state index is 10.5. The van der Waals surface area contributed by atoms with E-state index in [1.54, 1.807) is 0 Å². The summed E-state index contributed by atoms with van der Waals surface area (Å²) in [4.78, 5) is 10.5. The van der Waals surface area contributed by atoms with Gasteiger partial charge in [0.1, 0.15) is 0 Å². The van der Waals surface area contributed by atoms with Crippen molar-refractivity contribution in [3.8, 4) is 0 Å². The Morgan fingerprint density at radius 2 is 1.96 bits per heavy atom. The number of rotatable bonds is 14. The van der Waals surface area contributed by atoms with Crippen LogP contribution in [0, 0.1) is 11.8 Å². The van der Waals surface area contributed by atoms with E-state index in [-0.39, 0.29) is 12.5 Å². The van der Waals surface area contributed by atoms with E-state index in [9.17, 15) is 9.90 Å². The number of aliphatic hydroxyl groups is 1. The summed E-state index contributed by atoms with van der Waals surface area (Å²) in [6.07, 6.45) is 14.3. The first-order valence-electron chi connectivity index (χ1n) is 10.5. The average Bonchev–Trinajstić information content (AvgIpc) is 3.20. The monoisotopic (exact) mass is 367 g/mol. The molecule has 0 aliphatic carbocycles. The van der Waals surface area contributed by atoms with Crippen molar-refractivity contribution >= 4 is 5.97 Å². The second-order valence-electron chi connectivity index (χ2n) is 7.92. The lowest BCUT2D eigenvalue weighted by Gasteiger charge is -2.28. The van der Waals surface area contributed by atoms with Gasteiger partial charge >= 0.3 is 5.97 Å². The van der Waals surface area contributed by atoms with E-state index in [1.807, 2.05) is 0 Å². The van der Waals surface area contributed by atoms with Crippen LogP contribution < -0.4 is 5.32 Å². The summed E-state index contributed by atoms with van der Waals surface area (Å²) in [5.41, 5.74) is 0. The predicted molar refractivity (Wildman–Crippen MR) is 103 cm³/mol. The van der Waals surface area contributed by atoms with Crippen molar-refractivity contribution in [2.24, 2.45) is 11.8 Å². The average molecular weight is 368 g/mol. The van der Waals surface area contributed by atoms with Crippen LogP contribution in [0.3, 0.4) is 0 Å². The number of carboxylic acid groups (broad SMARTS) is 1. The highest BCUT2D eigenvalue weighted by atomic mass is 16.5. The van der Waals surface area contributed by atoms with E-state index in [0.717, 1.165) is 38.6 Å². The summed E-state index contributed by atoms with van der Waals surface area (Å²) >= 11 is 0. The molecule has 0 amide bonds. The molecule has 2 saturated heterocycles. The Morgan fingerprint density at radius 1 is 1.19 bits per heavy atom. The number of carbonyl (C=O) groups is 1. The molecule has 0 radical (unpaired) electrons. The van der Waals surface area contributed by atoms with E-state index in [2.05, 4.69) is 24.4 Å². The standard InChI is InChI=1S/C21H37NO4/c1-2-3-6-9-16(23)14-22-15-18-17(19-12-13-20(18)26-19)10-7-4-5-8-11-21(24)25/h4,7,16-20,22-23H,2-3,5-6,8-15H2,1H3,(H,24,25)/b7-4-/t16?,17-,18-,19-,20+/m1/s1. The Balaban J connectivity index is 1.67. The largest absolute Gasteiger partial charge is 0.481 e. The number of carboxylic acids is 1. The maximum Gasteiger partial charge on any atom is 0.303 e. The minimum absolute atomic E-state index is 0.242. The minimum atomic E-state index is -0.720. The van der Waals surface area contributed by atoms with Crippen LogP contribution in [0.1, 0.15) is 71.1 Å². The maximum absolute atomic E-state index is 10.5. The molecule has 2 aliphatic rings. The summed E-state index contributed by atoms with van der Waals surface area (Å²) in [6, 6.07) is 0. The van der Waals surface area contributed by atoms with Crippen LogP contribution in [0.2, 0.25) is 0 Å². The third kappa shape index (κ3) is 7.01. The summed E-state index contributed by atoms with van der Waals surface area (Å²) in [6.45, 7) is 3.78. The number of aliphatic carboxylic acids is 1. The Labute approximate surface area is 158 Å². The van der Waals surface area contributed by atoms with Crippen molar-refractivity contribution in [3.05, 3.63) is 12.2 Å². The van der Waals surface area contributed by atoms with Crippen LogP contribution >= 0.6 is 0 Å². The van der Waals surface area contributed by atoms with Gasteiger partial charge in [-0.1, -0.05) is 38.3 Å². The quantitative estimate of drug-likeness (QED) is 0.323. The number of nitrogens with one attached hydrogen (secondary N) is 1. The van der Waals surface area contributed by atoms with Gasteiger partial charge in [-0.3, -0.25) is 4.79 Å². The molecular weight excluding hydrogens is 330 g/mol. The smallest absolute Gasteiger partial charge is 0.303 e. The third-order valence-corrected chi connectivity index (χ3v) is 5.83. The topological polar surface area (TPSA) is 78.8 Å². The van der Waals surface area contributed by atoms with E-state index < -0.39 is 5.97 Å². The zero-order valence-corrected chi connectivity index (χ0v) is 16.2. The van der Waals surface area contributed by atoms with Gasteiger partial charge in [-0.2, -0.15) is 0 Å². The number of allylic oxidation sites excluding steroid dienone is 2. The molecule has 2 aliphatic heterocycles. The molecule has 0 spiro atoms. The SMILES string of the molecule is CCCCCC(O)CNC[C@@H]1[C@@H](C/C=C\CCCC(=O)O)[C@H]2CC[C@@H]1O2. The molecule has 2 heterocycles. The Kier molecular flexibility index (Phi) is 9.65. The highest BCUT2D eigenvalue weighted by Gasteiger charge is 2.47. The number of unbranched alkanes of at least 4 members (excludes halogenated alkanes) is 3. The molecule has 26 heavy (non-hydrogen) atoms. The van der Waals surface area contributed by atoms with Crippen LogP contribution in [0.25, 0.3) is 0 Å². The molecule has 5 heteroatoms. The van der Waals surface area contributed by atoms with Crippen molar-refractivity contribution in [3.63, 3.8) is 0 Å². The molecule has 0 saturated carbocycles. The van der Waals surface area contributed by atoms with Crippen molar-refractivity contribution in [1.82, 2.24) is 5.32 Å². The highest BCUT2D eigenvalue weighted by Crippen LogP contribution is 2.44. The van der Waals surface area contributed by atoms with Gasteiger partial charge in [0.25, 0.3) is 0 Å². The number of hydrogen-bond acceptors (Lipinski definition) is 4. The van der Waals surface area contributed by atoms with Crippen LogP contribution in [0.15, 0.2) is 12.2 Å². The molecule has 2 bridgehead atoms. The summed E-state index contributed by atoms with van der Waals surface area (Å²) in [7, 11) is 0. The molecule has 5 atom stereocenters. The lowest BCUT2D eigenvalue weighted by atomic mass is 9.77. The number of aliphatic hydroxyl groups excluding tert-OH is 1. The third-order valence-electron chi connectivity index (χ3n) is 5.83. The minimum Gasteiger partial charge on any atom is -0.481 e. The Bertz CT molecular complexity index is 440. The first kappa shape index (κ1) is 21.4. The Hall–Kier alpha value is -0.910. The van der Waals surface area contributed by atoms with Gasteiger partial charge < -0.3 is 20.3 Å². The van der Waals surface area contributed by atoms with Gasteiger partial charge in [-0.05, 0) is 44.4 Å². The van der Waals surface area contributed by atoms with Gasteiger partial charge in [0, 0.05) is 25.4 Å². The number of hydrogen-bond donors (Lipinski definition) is 3. The van der Waals surface area contributed by atoms with Crippen LogP contribution in [0.5, 0.6) is 0 Å². The molecule has 150 valence electrons. The van der Waals surface area contributed by atoms with Crippen molar-refractivity contribution in [1.29, 1.82) is 0 Å². The first-order valence-corrected chi connectivity index (χ1v) is 10.5. The van der Waals surface area contributed by atoms with Gasteiger partial charge in [0.15, 0.2) is 0 Å². The second kappa shape index (κ2) is 11.7. The van der Waals surface area contributed by atoms with E-state index >= 15 is 0 Å². The van der Waals surface area contributed by atoms with Crippen LogP contribution in [0.4, 0.5) is 0 Å². The zero-order valence-electron chi connectivity index (χ0n) is 16.2. The van der Waals surface area contributed by atoms with Gasteiger partial charge in [-0.15, -0.1) is 0 Å². The van der Waals surface area contributed by atoms with E-state index in [1.165, 1.54) is 19.3 Å². The summed E-state index contributed by atoms with van der Waals surface area (Å²) < 4.78 is 6.13. The van der Waals surface area contributed by atoms with Crippen LogP contribution in [-0.2, 0) is 9.53 Å². The van der Waals surface area contributed by atoms with E-state index in [4.69, 9.17) is 9.84 Å². The lowest BCUT2D eigenvalue weighted by Crippen LogP contribution is -2.38. The molecule has 1 unspecified atom stereocenters. The van der Waals surface area contributed by atoms with Gasteiger partial charge in [-0.25, -0.2) is 0 Å². The normalized spacial score (nSPS) is 28.8. The number of ether oxygens (including phenoxy) is 1. The van der Waals surface area contributed by atoms with Crippen molar-refractivity contribution < 1.29 is 19.7 Å². The van der Waals surface area contributed by atoms with Crippen LogP contribution in [-0.4, -0.2) is 47.6 Å². The molecule has 0 aromatic heterocycles. The summed E-state index contributed by atoms with van der Waals surface area (Å²) in [5.74, 6) is 0.359. The Morgan fingerprint density at radius 3 is 2.69 bits per heavy atom. The van der Waals surface area contributed by atoms with Gasteiger partial charge in [0.05, 0.1) is 18.3 Å². The molecule has 0 aromatic rings. The number of fused-ring (bicyclic) bond motifs is 2. The first-order chi connectivity index (χ1) is 12.6. The van der Waals surface area contributed by atoms with Crippen molar-refractivity contribution in [2.75, 3.05) is 13.1 Å². The fourth-order valence-corrected chi connectivity index (χ4v) is 4.37. The molecule has 5 nitrogen and oxygen atoms in total. The zero-order chi connectivity index (χ0) is 18.8.